The zero-order chi connectivity index (χ0) is 13.8. The summed E-state index contributed by atoms with van der Waals surface area (Å²) in [6, 6.07) is 0. The molecule has 0 aromatic carbocycles. The van der Waals surface area contributed by atoms with Crippen LogP contribution in [0.15, 0.2) is 6.20 Å². The van der Waals surface area contributed by atoms with E-state index in [1.165, 1.54) is 6.20 Å². The summed E-state index contributed by atoms with van der Waals surface area (Å²) < 4.78 is 5.06. The number of hydrogen-bond donors (Lipinski definition) is 1. The van der Waals surface area contributed by atoms with E-state index >= 15 is 0 Å². The van der Waals surface area contributed by atoms with Gasteiger partial charge in [-0.2, -0.15) is 0 Å². The lowest BCUT2D eigenvalue weighted by Crippen LogP contribution is -2.32. The van der Waals surface area contributed by atoms with Gasteiger partial charge in [0, 0.05) is 0 Å². The van der Waals surface area contributed by atoms with Crippen LogP contribution in [0.5, 0.6) is 0 Å². The molecule has 1 heterocycles. The van der Waals surface area contributed by atoms with Gasteiger partial charge in [-0.05, 0) is 26.7 Å². The van der Waals surface area contributed by atoms with E-state index in [-0.39, 0.29) is 6.54 Å². The predicted molar refractivity (Wildman–Crippen MR) is 68.4 cm³/mol. The van der Waals surface area contributed by atoms with Gasteiger partial charge < -0.3 is 10.1 Å². The van der Waals surface area contributed by atoms with Crippen LogP contribution < -0.4 is 5.32 Å². The number of terminal acetylenes is 1. The van der Waals surface area contributed by atoms with Crippen LogP contribution in [0.25, 0.3) is 0 Å². The smallest absolute Gasteiger partial charge is 0.408 e. The van der Waals surface area contributed by atoms with E-state index < -0.39 is 17.5 Å². The maximum atomic E-state index is 11.4. The highest BCUT2D eigenvalue weighted by molar-refractivity contribution is 7.13. The Morgan fingerprint density at radius 2 is 2.22 bits per heavy atom. The van der Waals surface area contributed by atoms with Crippen molar-refractivity contribution >= 4 is 23.2 Å². The molecule has 96 valence electrons. The number of nitrogens with zero attached hydrogens (tertiary/aromatic N) is 1. The Kier molecular flexibility index (Phi) is 4.45. The Hall–Kier alpha value is -1.87. The molecule has 0 aliphatic heterocycles. The van der Waals surface area contributed by atoms with Gasteiger partial charge in [0.05, 0.1) is 12.7 Å². The molecule has 1 N–H and O–H groups in total. The molecule has 5 nitrogen and oxygen atoms in total. The number of carbonyl (C=O) groups excluding carboxylic acids is 2. The van der Waals surface area contributed by atoms with Crippen LogP contribution in [0.1, 0.15) is 35.5 Å². The van der Waals surface area contributed by atoms with E-state index in [1.807, 2.05) is 5.92 Å². The Morgan fingerprint density at radius 1 is 1.56 bits per heavy atom. The highest BCUT2D eigenvalue weighted by Gasteiger charge is 2.16. The maximum Gasteiger partial charge on any atom is 0.408 e. The molecule has 1 aromatic rings. The van der Waals surface area contributed by atoms with Crippen LogP contribution in [0.4, 0.5) is 4.79 Å². The zero-order valence-corrected chi connectivity index (χ0v) is 11.3. The zero-order valence-electron chi connectivity index (χ0n) is 10.4. The molecule has 0 radical (unpaired) electrons. The maximum absolute atomic E-state index is 11.4. The molecule has 0 atom stereocenters. The van der Waals surface area contributed by atoms with Crippen molar-refractivity contribution in [2.75, 3.05) is 0 Å². The van der Waals surface area contributed by atoms with Crippen LogP contribution in [0, 0.1) is 12.3 Å². The first-order chi connectivity index (χ1) is 8.31. The highest BCUT2D eigenvalue weighted by Crippen LogP contribution is 2.13. The lowest BCUT2D eigenvalue weighted by Gasteiger charge is -2.19. The highest BCUT2D eigenvalue weighted by atomic mass is 32.1. The molecule has 0 bridgehead atoms. The van der Waals surface area contributed by atoms with Crippen LogP contribution in [-0.2, 0) is 11.3 Å². The minimum absolute atomic E-state index is 0.206. The van der Waals surface area contributed by atoms with E-state index in [9.17, 15) is 9.59 Å². The van der Waals surface area contributed by atoms with Crippen molar-refractivity contribution in [3.8, 4) is 12.3 Å². The van der Waals surface area contributed by atoms with E-state index in [1.54, 1.807) is 20.8 Å². The van der Waals surface area contributed by atoms with Crippen molar-refractivity contribution in [3.63, 3.8) is 0 Å². The average Bonchev–Trinajstić information content (AvgIpc) is 2.71. The van der Waals surface area contributed by atoms with Crippen LogP contribution in [-0.4, -0.2) is 22.5 Å². The number of Topliss-reactive ketones (excluding diaryl/α,β-unsaturated/α-hetero) is 1. The van der Waals surface area contributed by atoms with Crippen molar-refractivity contribution in [1.82, 2.24) is 10.3 Å². The standard InChI is InChI=1S/C12H14N2O3S/c1-5-8(15)9-6-13-10(18-9)7-14-11(16)17-12(2,3)4/h1,6H,7H2,2-4H3,(H,14,16). The molecule has 6 heteroatoms. The van der Waals surface area contributed by atoms with Gasteiger partial charge in [-0.3, -0.25) is 4.79 Å². The van der Waals surface area contributed by atoms with Gasteiger partial charge in [0.15, 0.2) is 0 Å². The number of hydrogen-bond acceptors (Lipinski definition) is 5. The predicted octanol–water partition coefficient (Wildman–Crippen LogP) is 1.98. The molecule has 0 fully saturated rings. The SMILES string of the molecule is C#CC(=O)c1cnc(CNC(=O)OC(C)(C)C)s1. The topological polar surface area (TPSA) is 68.3 Å². The number of ether oxygens (including phenoxy) is 1. The van der Waals surface area contributed by atoms with Gasteiger partial charge in [0.2, 0.25) is 5.78 Å². The van der Waals surface area contributed by atoms with E-state index in [2.05, 4.69) is 10.3 Å². The second-order valence-electron chi connectivity index (χ2n) is 4.45. The molecule has 1 aromatic heterocycles. The Bertz CT molecular complexity index is 494. The summed E-state index contributed by atoms with van der Waals surface area (Å²) in [5, 5.41) is 3.15. The summed E-state index contributed by atoms with van der Waals surface area (Å²) in [4.78, 5) is 26.9. The molecule has 0 aliphatic carbocycles. The van der Waals surface area contributed by atoms with Crippen LogP contribution in [0.2, 0.25) is 0 Å². The van der Waals surface area contributed by atoms with Crippen molar-refractivity contribution < 1.29 is 14.3 Å². The summed E-state index contributed by atoms with van der Waals surface area (Å²) in [6.45, 7) is 5.54. The third-order valence-corrected chi connectivity index (χ3v) is 2.69. The Morgan fingerprint density at radius 3 is 2.78 bits per heavy atom. The first-order valence-electron chi connectivity index (χ1n) is 5.24. The van der Waals surface area contributed by atoms with Crippen molar-refractivity contribution in [2.45, 2.75) is 32.9 Å². The first kappa shape index (κ1) is 14.2. The van der Waals surface area contributed by atoms with Crippen LogP contribution >= 0.6 is 11.3 Å². The van der Waals surface area contributed by atoms with E-state index in [0.29, 0.717) is 9.88 Å². The molecule has 0 spiro atoms. The Balaban J connectivity index is 2.50. The summed E-state index contributed by atoms with van der Waals surface area (Å²) in [6.07, 6.45) is 5.87. The summed E-state index contributed by atoms with van der Waals surface area (Å²) in [5.41, 5.74) is -0.544. The van der Waals surface area contributed by atoms with Gasteiger partial charge in [0.25, 0.3) is 0 Å². The fourth-order valence-electron chi connectivity index (χ4n) is 1.03. The van der Waals surface area contributed by atoms with Gasteiger partial charge in [0.1, 0.15) is 15.5 Å². The molecule has 1 rings (SSSR count). The number of amides is 1. The van der Waals surface area contributed by atoms with Gasteiger partial charge >= 0.3 is 6.09 Å². The second kappa shape index (κ2) is 5.65. The number of thiazole rings is 1. The van der Waals surface area contributed by atoms with Gasteiger partial charge in [-0.25, -0.2) is 9.78 Å². The lowest BCUT2D eigenvalue weighted by molar-refractivity contribution is 0.0523. The molecule has 0 aliphatic rings. The molecule has 0 saturated heterocycles. The van der Waals surface area contributed by atoms with Crippen molar-refractivity contribution in [1.29, 1.82) is 0 Å². The van der Waals surface area contributed by atoms with E-state index in [4.69, 9.17) is 11.2 Å². The molecular weight excluding hydrogens is 252 g/mol. The first-order valence-corrected chi connectivity index (χ1v) is 6.06. The summed E-state index contributed by atoms with van der Waals surface area (Å²) in [5.74, 6) is 1.60. The number of rotatable bonds is 3. The fraction of sp³-hybridized carbons (Fsp3) is 0.417. The number of nitrogens with one attached hydrogen (secondary N) is 1. The second-order valence-corrected chi connectivity index (χ2v) is 5.56. The van der Waals surface area contributed by atoms with Crippen molar-refractivity contribution in [2.24, 2.45) is 0 Å². The average molecular weight is 266 g/mol. The minimum Gasteiger partial charge on any atom is -0.444 e. The summed E-state index contributed by atoms with van der Waals surface area (Å²) in [7, 11) is 0. The van der Waals surface area contributed by atoms with E-state index in [0.717, 1.165) is 11.3 Å². The molecule has 0 unspecified atom stereocenters. The number of carbonyl (C=O) groups is 2. The van der Waals surface area contributed by atoms with Crippen LogP contribution in [0.3, 0.4) is 0 Å². The molecule has 1 amide bonds. The fourth-order valence-corrected chi connectivity index (χ4v) is 1.79. The Labute approximate surface area is 110 Å². The summed E-state index contributed by atoms with van der Waals surface area (Å²) >= 11 is 1.15. The van der Waals surface area contributed by atoms with Gasteiger partial charge in [-0.15, -0.1) is 17.8 Å². The monoisotopic (exact) mass is 266 g/mol. The molecular formula is C12H14N2O3S. The number of alkyl carbamates (subject to hydrolysis) is 1. The molecule has 18 heavy (non-hydrogen) atoms. The normalized spacial score (nSPS) is 10.6. The van der Waals surface area contributed by atoms with Crippen molar-refractivity contribution in [3.05, 3.63) is 16.1 Å². The third-order valence-electron chi connectivity index (χ3n) is 1.69. The molecule has 0 saturated carbocycles. The largest absolute Gasteiger partial charge is 0.444 e. The van der Waals surface area contributed by atoms with Gasteiger partial charge in [-0.1, -0.05) is 0 Å². The quantitative estimate of drug-likeness (QED) is 0.516. The number of aromatic nitrogens is 1. The third kappa shape index (κ3) is 4.55. The minimum atomic E-state index is -0.544. The number of ketones is 1. The lowest BCUT2D eigenvalue weighted by atomic mass is 10.2.